The quantitative estimate of drug-likeness (QED) is 0.672. The monoisotopic (exact) mass is 384 g/mol. The molecule has 0 bridgehead atoms. The summed E-state index contributed by atoms with van der Waals surface area (Å²) in [4.78, 5) is 16.9. The Morgan fingerprint density at radius 1 is 1.11 bits per heavy atom. The Hall–Kier alpha value is -2.60. The molecule has 0 aliphatic heterocycles. The minimum atomic E-state index is -0.632. The fraction of sp³-hybridized carbons (Fsp3) is 0.333. The predicted octanol–water partition coefficient (Wildman–Crippen LogP) is 5.01. The van der Waals surface area contributed by atoms with Gasteiger partial charge < -0.3 is 9.47 Å². The molecule has 3 aromatic rings. The third-order valence-corrected chi connectivity index (χ3v) is 5.16. The zero-order valence-electron chi connectivity index (χ0n) is 16.2. The first-order chi connectivity index (χ1) is 12.8. The second-order valence-corrected chi connectivity index (χ2v) is 8.41. The van der Waals surface area contributed by atoms with Gasteiger partial charge in [0.15, 0.2) is 11.2 Å². The number of rotatable bonds is 5. The molecule has 0 radical (unpaired) electrons. The molecule has 0 spiro atoms. The van der Waals surface area contributed by atoms with Gasteiger partial charge in [-0.05, 0) is 48.2 Å². The van der Waals surface area contributed by atoms with Gasteiger partial charge in [-0.2, -0.15) is 0 Å². The highest BCUT2D eigenvalue weighted by atomic mass is 32.1. The fourth-order valence-electron chi connectivity index (χ4n) is 2.58. The minimum absolute atomic E-state index is 0.0804. The van der Waals surface area contributed by atoms with E-state index in [1.54, 1.807) is 14.0 Å². The predicted molar refractivity (Wildman–Crippen MR) is 110 cm³/mol. The summed E-state index contributed by atoms with van der Waals surface area (Å²) in [7, 11) is 1.62. The summed E-state index contributed by atoms with van der Waals surface area (Å²) >= 11 is 1.40. The number of ether oxygens (including phenoxy) is 2. The molecule has 0 aliphatic rings. The lowest BCUT2D eigenvalue weighted by molar-refractivity contribution is -0.122. The fourth-order valence-corrected chi connectivity index (χ4v) is 3.48. The van der Waals surface area contributed by atoms with Crippen LogP contribution in [0.25, 0.3) is 10.2 Å². The average Bonchev–Trinajstić information content (AvgIpc) is 3.02. The summed E-state index contributed by atoms with van der Waals surface area (Å²) < 4.78 is 11.9. The first-order valence-electron chi connectivity index (χ1n) is 8.79. The molecule has 1 heterocycles. The normalized spacial score (nSPS) is 12.6. The van der Waals surface area contributed by atoms with Crippen molar-refractivity contribution in [2.75, 3.05) is 12.4 Å². The number of nitrogens with one attached hydrogen (secondary N) is 1. The number of hydrogen-bond donors (Lipinski definition) is 1. The number of carbonyl (C=O) groups is 1. The number of benzene rings is 2. The maximum absolute atomic E-state index is 12.4. The number of nitrogens with zero attached hydrogens (tertiary/aromatic N) is 1. The van der Waals surface area contributed by atoms with E-state index in [2.05, 4.69) is 31.1 Å². The molecule has 5 nitrogen and oxygen atoms in total. The van der Waals surface area contributed by atoms with Crippen LogP contribution in [-0.4, -0.2) is 24.1 Å². The number of fused-ring (bicyclic) bond motifs is 1. The van der Waals surface area contributed by atoms with Crippen LogP contribution in [0.2, 0.25) is 0 Å². The first kappa shape index (κ1) is 19.2. The minimum Gasteiger partial charge on any atom is -0.497 e. The average molecular weight is 385 g/mol. The Morgan fingerprint density at radius 3 is 2.41 bits per heavy atom. The Bertz CT molecular complexity index is 942. The van der Waals surface area contributed by atoms with Crippen molar-refractivity contribution in [3.05, 3.63) is 48.0 Å². The van der Waals surface area contributed by atoms with E-state index in [0.717, 1.165) is 16.0 Å². The van der Waals surface area contributed by atoms with Gasteiger partial charge in [-0.1, -0.05) is 44.2 Å². The first-order valence-corrected chi connectivity index (χ1v) is 9.60. The van der Waals surface area contributed by atoms with Crippen LogP contribution in [0.3, 0.4) is 0 Å². The highest BCUT2D eigenvalue weighted by Gasteiger charge is 2.18. The highest BCUT2D eigenvalue weighted by molar-refractivity contribution is 7.22. The molecule has 1 atom stereocenters. The molecular weight excluding hydrogens is 360 g/mol. The van der Waals surface area contributed by atoms with E-state index < -0.39 is 6.10 Å². The van der Waals surface area contributed by atoms with Crippen molar-refractivity contribution in [1.29, 1.82) is 0 Å². The van der Waals surface area contributed by atoms with Gasteiger partial charge in [0.1, 0.15) is 11.5 Å². The summed E-state index contributed by atoms with van der Waals surface area (Å²) in [5, 5.41) is 3.37. The Balaban J connectivity index is 1.65. The van der Waals surface area contributed by atoms with E-state index in [0.29, 0.717) is 10.9 Å². The molecule has 0 saturated carbocycles. The van der Waals surface area contributed by atoms with Crippen molar-refractivity contribution >= 4 is 32.6 Å². The number of thiazole rings is 1. The molecule has 2 aromatic carbocycles. The Labute approximate surface area is 163 Å². The zero-order valence-corrected chi connectivity index (χ0v) is 17.0. The van der Waals surface area contributed by atoms with Crippen LogP contribution < -0.4 is 14.8 Å². The van der Waals surface area contributed by atoms with Gasteiger partial charge in [0, 0.05) is 0 Å². The van der Waals surface area contributed by atoms with Crippen LogP contribution >= 0.6 is 11.3 Å². The van der Waals surface area contributed by atoms with Gasteiger partial charge in [-0.3, -0.25) is 10.1 Å². The second-order valence-electron chi connectivity index (χ2n) is 7.38. The number of aromatic nitrogens is 1. The molecule has 3 rings (SSSR count). The number of carbonyl (C=O) groups excluding carboxylic acids is 1. The van der Waals surface area contributed by atoms with Crippen LogP contribution in [0.5, 0.6) is 11.5 Å². The number of methoxy groups -OCH3 is 1. The van der Waals surface area contributed by atoms with Gasteiger partial charge in [-0.25, -0.2) is 4.98 Å². The lowest BCUT2D eigenvalue weighted by atomic mass is 9.87. The van der Waals surface area contributed by atoms with Crippen molar-refractivity contribution in [3.63, 3.8) is 0 Å². The van der Waals surface area contributed by atoms with Crippen LogP contribution in [0.4, 0.5) is 5.13 Å². The van der Waals surface area contributed by atoms with Gasteiger partial charge in [-0.15, -0.1) is 0 Å². The molecule has 1 aromatic heterocycles. The van der Waals surface area contributed by atoms with Crippen LogP contribution in [0.15, 0.2) is 42.5 Å². The van der Waals surface area contributed by atoms with Crippen molar-refractivity contribution in [3.8, 4) is 11.5 Å². The topological polar surface area (TPSA) is 60.5 Å². The molecule has 1 amide bonds. The molecule has 142 valence electrons. The largest absolute Gasteiger partial charge is 0.497 e. The SMILES string of the molecule is COc1ccc2nc(NC(=O)C(C)Oc3ccc(C(C)(C)C)cc3)sc2c1. The molecule has 27 heavy (non-hydrogen) atoms. The number of anilines is 1. The van der Waals surface area contributed by atoms with E-state index >= 15 is 0 Å². The van der Waals surface area contributed by atoms with E-state index in [1.807, 2.05) is 42.5 Å². The third kappa shape index (κ3) is 4.57. The Morgan fingerprint density at radius 2 is 1.78 bits per heavy atom. The van der Waals surface area contributed by atoms with Gasteiger partial charge >= 0.3 is 0 Å². The molecule has 1 N–H and O–H groups in total. The van der Waals surface area contributed by atoms with E-state index in [9.17, 15) is 4.79 Å². The van der Waals surface area contributed by atoms with E-state index in [-0.39, 0.29) is 11.3 Å². The number of hydrogen-bond acceptors (Lipinski definition) is 5. The van der Waals surface area contributed by atoms with Gasteiger partial charge in [0.25, 0.3) is 5.91 Å². The summed E-state index contributed by atoms with van der Waals surface area (Å²) in [6.07, 6.45) is -0.632. The van der Waals surface area contributed by atoms with Crippen LogP contribution in [0, 0.1) is 0 Å². The molecule has 1 unspecified atom stereocenters. The van der Waals surface area contributed by atoms with Crippen LogP contribution in [-0.2, 0) is 10.2 Å². The maximum atomic E-state index is 12.4. The summed E-state index contributed by atoms with van der Waals surface area (Å²) in [5.74, 6) is 1.19. The standard InChI is InChI=1S/C21H24N2O3S/c1-13(26-15-8-6-14(7-9-15)21(2,3)4)19(24)23-20-22-17-11-10-16(25-5)12-18(17)27-20/h6-13H,1-5H3,(H,22,23,24). The lowest BCUT2D eigenvalue weighted by Gasteiger charge is -2.20. The van der Waals surface area contributed by atoms with E-state index in [4.69, 9.17) is 9.47 Å². The highest BCUT2D eigenvalue weighted by Crippen LogP contribution is 2.29. The molecular formula is C21H24N2O3S. The Kier molecular flexibility index (Phi) is 5.37. The van der Waals surface area contributed by atoms with Gasteiger partial charge in [0.2, 0.25) is 0 Å². The van der Waals surface area contributed by atoms with Gasteiger partial charge in [0.05, 0.1) is 17.3 Å². The smallest absolute Gasteiger partial charge is 0.266 e. The van der Waals surface area contributed by atoms with Crippen molar-refractivity contribution in [2.24, 2.45) is 0 Å². The van der Waals surface area contributed by atoms with E-state index in [1.165, 1.54) is 16.9 Å². The lowest BCUT2D eigenvalue weighted by Crippen LogP contribution is -2.30. The zero-order chi connectivity index (χ0) is 19.6. The summed E-state index contributed by atoms with van der Waals surface area (Å²) in [6.45, 7) is 8.20. The number of amides is 1. The van der Waals surface area contributed by atoms with Crippen molar-refractivity contribution < 1.29 is 14.3 Å². The summed E-state index contributed by atoms with van der Waals surface area (Å²) in [5.41, 5.74) is 2.12. The molecule has 0 fully saturated rings. The maximum Gasteiger partial charge on any atom is 0.266 e. The molecule has 6 heteroatoms. The summed E-state index contributed by atoms with van der Waals surface area (Å²) in [6, 6.07) is 13.5. The van der Waals surface area contributed by atoms with Crippen molar-refractivity contribution in [2.45, 2.75) is 39.2 Å². The molecule has 0 aliphatic carbocycles. The van der Waals surface area contributed by atoms with Crippen molar-refractivity contribution in [1.82, 2.24) is 4.98 Å². The van der Waals surface area contributed by atoms with Crippen LogP contribution in [0.1, 0.15) is 33.3 Å². The second kappa shape index (κ2) is 7.56. The molecule has 0 saturated heterocycles. The third-order valence-electron chi connectivity index (χ3n) is 4.23.